The zero-order valence-corrected chi connectivity index (χ0v) is 30.2. The van der Waals surface area contributed by atoms with Crippen molar-refractivity contribution in [2.24, 2.45) is 0 Å². The molecule has 7 aromatic carbocycles. The summed E-state index contributed by atoms with van der Waals surface area (Å²) in [4.78, 5) is 8.64. The number of fused-ring (bicyclic) bond motifs is 9. The van der Waals surface area contributed by atoms with Gasteiger partial charge in [0.2, 0.25) is 5.78 Å². The number of allylic oxidation sites excluding steroid dienone is 1. The molecule has 0 aliphatic rings. The number of hydrogen-bond acceptors (Lipinski definition) is 1. The molecule has 0 saturated carbocycles. The van der Waals surface area contributed by atoms with Crippen LogP contribution in [0.3, 0.4) is 0 Å². The summed E-state index contributed by atoms with van der Waals surface area (Å²) >= 11 is 0. The maximum atomic E-state index is 5.13. The number of imidazole rings is 2. The quantitative estimate of drug-likeness (QED) is 0.184. The molecule has 55 heavy (non-hydrogen) atoms. The molecule has 1 N–H and O–H groups in total. The lowest BCUT2D eigenvalue weighted by atomic mass is 9.96. The third-order valence-corrected chi connectivity index (χ3v) is 11.1. The van der Waals surface area contributed by atoms with Gasteiger partial charge in [0.15, 0.2) is 0 Å². The smallest absolute Gasteiger partial charge is 0.220 e. The lowest BCUT2D eigenvalue weighted by molar-refractivity contribution is 1.11. The first kappa shape index (κ1) is 31.2. The number of rotatable bonds is 6. The van der Waals surface area contributed by atoms with E-state index in [1.165, 1.54) is 55.0 Å². The second-order valence-corrected chi connectivity index (χ2v) is 14.2. The Morgan fingerprint density at radius 3 is 2.04 bits per heavy atom. The molecule has 4 aromatic heterocycles. The van der Waals surface area contributed by atoms with E-state index in [-0.39, 0.29) is 0 Å². The van der Waals surface area contributed by atoms with E-state index >= 15 is 0 Å². The maximum absolute atomic E-state index is 5.13. The number of benzene rings is 7. The van der Waals surface area contributed by atoms with E-state index < -0.39 is 0 Å². The van der Waals surface area contributed by atoms with Crippen molar-refractivity contribution < 1.29 is 0 Å². The molecule has 5 nitrogen and oxygen atoms in total. The topological polar surface area (TPSA) is 42.9 Å². The summed E-state index contributed by atoms with van der Waals surface area (Å²) in [5, 5.41) is 3.64. The molecule has 0 aliphatic carbocycles. The standard InChI is InChI=1S/C50H35N5/c1-3-13-38-40-29-34(22-25-43(40)51-42(38)4-2)32-14-12-15-33(28-32)35-23-26-46-41(30-35)39-18-8-10-20-45(39)53(46)37-24-27-48-49(31-37)55-47-21-11-9-19-44(47)52-50(55)54(48)36-16-6-5-7-17-36/h3-31,51H,2H2,1H3/b13-3-. The van der Waals surface area contributed by atoms with E-state index in [9.17, 15) is 0 Å². The van der Waals surface area contributed by atoms with Gasteiger partial charge in [0.25, 0.3) is 0 Å². The summed E-state index contributed by atoms with van der Waals surface area (Å²) in [5.74, 6) is 0.904. The van der Waals surface area contributed by atoms with Crippen molar-refractivity contribution >= 4 is 72.7 Å². The number of hydrogen-bond donors (Lipinski definition) is 1. The fourth-order valence-electron chi connectivity index (χ4n) is 8.59. The molecule has 4 heterocycles. The first-order valence-electron chi connectivity index (χ1n) is 18.7. The molecule has 0 unspecified atom stereocenters. The zero-order valence-electron chi connectivity index (χ0n) is 30.2. The van der Waals surface area contributed by atoms with Gasteiger partial charge < -0.3 is 9.55 Å². The van der Waals surface area contributed by atoms with E-state index in [1.807, 2.05) is 6.08 Å². The highest BCUT2D eigenvalue weighted by Gasteiger charge is 2.20. The van der Waals surface area contributed by atoms with Crippen LogP contribution in [0.15, 0.2) is 170 Å². The Kier molecular flexibility index (Phi) is 6.85. The monoisotopic (exact) mass is 705 g/mol. The van der Waals surface area contributed by atoms with Crippen LogP contribution >= 0.6 is 0 Å². The predicted octanol–water partition coefficient (Wildman–Crippen LogP) is 13.0. The molecular formula is C50H35N5. The Morgan fingerprint density at radius 2 is 1.22 bits per heavy atom. The van der Waals surface area contributed by atoms with Crippen LogP contribution in [-0.4, -0.2) is 23.5 Å². The van der Waals surface area contributed by atoms with Gasteiger partial charge in [-0.1, -0.05) is 97.6 Å². The molecule has 0 fully saturated rings. The Morgan fingerprint density at radius 1 is 0.527 bits per heavy atom. The summed E-state index contributed by atoms with van der Waals surface area (Å²) in [6, 6.07) is 56.9. The number of aromatic nitrogens is 5. The van der Waals surface area contributed by atoms with E-state index in [0.29, 0.717) is 0 Å². The Bertz CT molecular complexity index is 3350. The van der Waals surface area contributed by atoms with Crippen LogP contribution in [-0.2, 0) is 0 Å². The van der Waals surface area contributed by atoms with Gasteiger partial charge >= 0.3 is 0 Å². The van der Waals surface area contributed by atoms with E-state index in [2.05, 4.69) is 202 Å². The number of H-pyrrole nitrogens is 1. The van der Waals surface area contributed by atoms with Crippen LogP contribution in [0, 0.1) is 0 Å². The number of nitrogens with one attached hydrogen (secondary N) is 1. The molecule has 0 saturated heterocycles. The molecule has 11 aromatic rings. The normalized spacial score (nSPS) is 12.1. The van der Waals surface area contributed by atoms with Gasteiger partial charge in [-0.3, -0.25) is 8.97 Å². The third kappa shape index (κ3) is 4.70. The number of aromatic amines is 1. The fourth-order valence-corrected chi connectivity index (χ4v) is 8.59. The molecule has 0 spiro atoms. The second-order valence-electron chi connectivity index (χ2n) is 14.2. The third-order valence-electron chi connectivity index (χ3n) is 11.1. The molecule has 0 atom stereocenters. The van der Waals surface area contributed by atoms with Gasteiger partial charge in [-0.05, 0) is 114 Å². The van der Waals surface area contributed by atoms with Crippen molar-refractivity contribution in [3.63, 3.8) is 0 Å². The van der Waals surface area contributed by atoms with Crippen molar-refractivity contribution in [2.75, 3.05) is 0 Å². The van der Waals surface area contributed by atoms with Crippen LogP contribution in [0.1, 0.15) is 18.2 Å². The minimum atomic E-state index is 0.904. The first-order chi connectivity index (χ1) is 27.2. The van der Waals surface area contributed by atoms with Gasteiger partial charge in [-0.2, -0.15) is 0 Å². The summed E-state index contributed by atoms with van der Waals surface area (Å²) in [7, 11) is 0. The van der Waals surface area contributed by atoms with Gasteiger partial charge in [-0.25, -0.2) is 4.98 Å². The van der Waals surface area contributed by atoms with Crippen molar-refractivity contribution in [1.82, 2.24) is 23.5 Å². The molecule has 0 radical (unpaired) electrons. The summed E-state index contributed by atoms with van der Waals surface area (Å²) in [6.45, 7) is 6.08. The lowest BCUT2D eigenvalue weighted by Crippen LogP contribution is -1.96. The molecule has 0 amide bonds. The summed E-state index contributed by atoms with van der Waals surface area (Å²) in [5.41, 5.74) is 16.9. The van der Waals surface area contributed by atoms with Crippen molar-refractivity contribution in [2.45, 2.75) is 6.92 Å². The number of nitrogens with zero attached hydrogens (tertiary/aromatic N) is 4. The van der Waals surface area contributed by atoms with Crippen LogP contribution in [0.4, 0.5) is 0 Å². The zero-order chi connectivity index (χ0) is 36.6. The van der Waals surface area contributed by atoms with Crippen LogP contribution in [0.2, 0.25) is 0 Å². The average molecular weight is 706 g/mol. The summed E-state index contributed by atoms with van der Waals surface area (Å²) < 4.78 is 6.97. The van der Waals surface area contributed by atoms with Crippen LogP contribution in [0.5, 0.6) is 0 Å². The second kappa shape index (κ2) is 12.1. The molecule has 0 aliphatic heterocycles. The maximum Gasteiger partial charge on any atom is 0.220 e. The van der Waals surface area contributed by atoms with E-state index in [0.717, 1.165) is 50.4 Å². The van der Waals surface area contributed by atoms with Gasteiger partial charge in [0.1, 0.15) is 0 Å². The summed E-state index contributed by atoms with van der Waals surface area (Å²) in [6.07, 6.45) is 6.13. The largest absolute Gasteiger partial charge is 0.355 e. The molecular weight excluding hydrogens is 671 g/mol. The molecule has 0 bridgehead atoms. The molecule has 11 rings (SSSR count). The average Bonchev–Trinajstić information content (AvgIpc) is 3.98. The Labute approximate surface area is 317 Å². The van der Waals surface area contributed by atoms with Gasteiger partial charge in [0, 0.05) is 44.3 Å². The highest BCUT2D eigenvalue weighted by atomic mass is 15.2. The first-order valence-corrected chi connectivity index (χ1v) is 18.7. The van der Waals surface area contributed by atoms with Crippen LogP contribution < -0.4 is 0 Å². The highest BCUT2D eigenvalue weighted by Crippen LogP contribution is 2.38. The molecule has 260 valence electrons. The Hall–Kier alpha value is -7.37. The van der Waals surface area contributed by atoms with Crippen molar-refractivity contribution in [3.05, 3.63) is 182 Å². The molecule has 5 heteroatoms. The SMILES string of the molecule is C=Cc1[nH]c2ccc(-c3cccc(-c4ccc5c(c4)c4ccccc4n5-c4ccc5c(c4)n4c6ccccc6nc4n5-c4ccccc4)c3)cc2c1/C=C\C. The van der Waals surface area contributed by atoms with Crippen LogP contribution in [0.25, 0.3) is 106 Å². The minimum absolute atomic E-state index is 0.904. The highest BCUT2D eigenvalue weighted by molar-refractivity contribution is 6.11. The van der Waals surface area contributed by atoms with Gasteiger partial charge in [0.05, 0.1) is 33.1 Å². The Balaban J connectivity index is 1.07. The van der Waals surface area contributed by atoms with Crippen molar-refractivity contribution in [1.29, 1.82) is 0 Å². The van der Waals surface area contributed by atoms with E-state index in [1.54, 1.807) is 0 Å². The minimum Gasteiger partial charge on any atom is -0.355 e. The van der Waals surface area contributed by atoms with Crippen molar-refractivity contribution in [3.8, 4) is 33.6 Å². The van der Waals surface area contributed by atoms with E-state index in [4.69, 9.17) is 4.98 Å². The number of para-hydroxylation sites is 4. The lowest BCUT2D eigenvalue weighted by Gasteiger charge is -2.10. The fraction of sp³-hybridized carbons (Fsp3) is 0.0200. The predicted molar refractivity (Wildman–Crippen MR) is 231 cm³/mol. The van der Waals surface area contributed by atoms with Gasteiger partial charge in [-0.15, -0.1) is 0 Å².